The number of hydrogen-bond acceptors (Lipinski definition) is 3. The lowest BCUT2D eigenvalue weighted by Gasteiger charge is -2.16. The maximum atomic E-state index is 5.62. The summed E-state index contributed by atoms with van der Waals surface area (Å²) in [6.45, 7) is 3.07. The first-order valence-corrected chi connectivity index (χ1v) is 5.48. The van der Waals surface area contributed by atoms with Gasteiger partial charge in [-0.25, -0.2) is 0 Å². The highest BCUT2D eigenvalue weighted by Gasteiger charge is 2.26. The highest BCUT2D eigenvalue weighted by atomic mass is 32.2. The van der Waals surface area contributed by atoms with Gasteiger partial charge in [0.15, 0.2) is 0 Å². The first kappa shape index (κ1) is 10.0. The fourth-order valence-electron chi connectivity index (χ4n) is 1.41. The zero-order valence-electron chi connectivity index (χ0n) is 7.63. The van der Waals surface area contributed by atoms with E-state index in [9.17, 15) is 0 Å². The van der Waals surface area contributed by atoms with Gasteiger partial charge in [0.05, 0.1) is 0 Å². The van der Waals surface area contributed by atoms with Crippen LogP contribution >= 0.6 is 24.0 Å². The number of likely N-dealkylation sites (N-methyl/N-ethyl adjacent to an activating group) is 1. The van der Waals surface area contributed by atoms with Crippen LogP contribution in [0.3, 0.4) is 0 Å². The summed E-state index contributed by atoms with van der Waals surface area (Å²) in [6, 6.07) is 0.469. The van der Waals surface area contributed by atoms with E-state index in [0.717, 1.165) is 12.1 Å². The summed E-state index contributed by atoms with van der Waals surface area (Å²) >= 11 is 6.74. The Labute approximate surface area is 83.2 Å². The topological polar surface area (TPSA) is 29.3 Å². The Bertz CT molecular complexity index is 235. The molecular weight excluding hydrogens is 188 g/mol. The number of nitrogens with zero attached hydrogens (tertiary/aromatic N) is 1. The fourth-order valence-corrected chi connectivity index (χ4v) is 2.59. The quantitative estimate of drug-likeness (QED) is 0.682. The second-order valence-corrected chi connectivity index (χ2v) is 4.29. The normalized spacial score (nSPS) is 25.1. The molecule has 0 amide bonds. The van der Waals surface area contributed by atoms with E-state index in [1.807, 2.05) is 0 Å². The Balaban J connectivity index is 2.94. The van der Waals surface area contributed by atoms with Crippen molar-refractivity contribution >= 4 is 29.0 Å². The molecule has 0 aromatic rings. The Hall–Kier alpha value is -0.0600. The molecule has 0 aromatic carbocycles. The standard InChI is InChI=1S/C8H14N2S2/c1-5-7(12-3)6(8(9)11)4-10(5)2/h5H,4H2,1-3H3,(H2,9,11). The van der Waals surface area contributed by atoms with Gasteiger partial charge in [0.25, 0.3) is 0 Å². The van der Waals surface area contributed by atoms with Gasteiger partial charge >= 0.3 is 0 Å². The van der Waals surface area contributed by atoms with Crippen molar-refractivity contribution in [3.8, 4) is 0 Å². The summed E-state index contributed by atoms with van der Waals surface area (Å²) in [5, 5.41) is 0. The van der Waals surface area contributed by atoms with Crippen LogP contribution in [0.1, 0.15) is 6.92 Å². The van der Waals surface area contributed by atoms with Crippen LogP contribution in [-0.2, 0) is 0 Å². The van der Waals surface area contributed by atoms with Gasteiger partial charge in [0.2, 0.25) is 0 Å². The van der Waals surface area contributed by atoms with Gasteiger partial charge in [0, 0.05) is 23.1 Å². The SMILES string of the molecule is CSC1=C(C(N)=S)CN(C)C1C. The maximum absolute atomic E-state index is 5.62. The zero-order chi connectivity index (χ0) is 9.30. The third-order valence-corrected chi connectivity index (χ3v) is 3.54. The molecule has 1 aliphatic heterocycles. The van der Waals surface area contributed by atoms with Gasteiger partial charge in [-0.05, 0) is 20.2 Å². The average molecular weight is 202 g/mol. The van der Waals surface area contributed by atoms with Crippen LogP contribution in [-0.4, -0.2) is 35.8 Å². The van der Waals surface area contributed by atoms with Gasteiger partial charge in [-0.2, -0.15) is 0 Å². The van der Waals surface area contributed by atoms with E-state index in [2.05, 4.69) is 25.1 Å². The lowest BCUT2D eigenvalue weighted by molar-refractivity contribution is 0.348. The molecule has 2 nitrogen and oxygen atoms in total. The van der Waals surface area contributed by atoms with Crippen molar-refractivity contribution in [2.75, 3.05) is 19.8 Å². The first-order chi connectivity index (χ1) is 5.57. The zero-order valence-corrected chi connectivity index (χ0v) is 9.26. The number of hydrogen-bond donors (Lipinski definition) is 1. The van der Waals surface area contributed by atoms with Crippen molar-refractivity contribution < 1.29 is 0 Å². The Morgan fingerprint density at radius 2 is 2.33 bits per heavy atom. The molecule has 0 aromatic heterocycles. The second kappa shape index (κ2) is 3.77. The molecule has 12 heavy (non-hydrogen) atoms. The monoisotopic (exact) mass is 202 g/mol. The van der Waals surface area contributed by atoms with Crippen LogP contribution in [0.25, 0.3) is 0 Å². The Kier molecular flexibility index (Phi) is 3.15. The molecule has 0 bridgehead atoms. The summed E-state index contributed by atoms with van der Waals surface area (Å²) < 4.78 is 0. The highest BCUT2D eigenvalue weighted by Crippen LogP contribution is 2.30. The van der Waals surface area contributed by atoms with Crippen molar-refractivity contribution in [3.63, 3.8) is 0 Å². The van der Waals surface area contributed by atoms with E-state index >= 15 is 0 Å². The van der Waals surface area contributed by atoms with Gasteiger partial charge in [-0.1, -0.05) is 12.2 Å². The molecule has 0 aliphatic carbocycles. The van der Waals surface area contributed by atoms with Gasteiger partial charge in [-0.3, -0.25) is 4.90 Å². The molecule has 1 heterocycles. The molecule has 68 valence electrons. The predicted molar refractivity (Wildman–Crippen MR) is 59.4 cm³/mol. The first-order valence-electron chi connectivity index (χ1n) is 3.85. The van der Waals surface area contributed by atoms with Gasteiger partial charge in [0.1, 0.15) is 4.99 Å². The van der Waals surface area contributed by atoms with Crippen LogP contribution in [0.15, 0.2) is 10.5 Å². The number of nitrogens with two attached hydrogens (primary N) is 1. The van der Waals surface area contributed by atoms with Gasteiger partial charge < -0.3 is 5.73 Å². The number of thiocarbonyl (C=S) groups is 1. The average Bonchev–Trinajstić information content (AvgIpc) is 2.29. The van der Waals surface area contributed by atoms with Crippen LogP contribution in [0, 0.1) is 0 Å². The lowest BCUT2D eigenvalue weighted by Crippen LogP contribution is -2.25. The van der Waals surface area contributed by atoms with Gasteiger partial charge in [-0.15, -0.1) is 11.8 Å². The summed E-state index contributed by atoms with van der Waals surface area (Å²) in [7, 11) is 2.09. The minimum atomic E-state index is 0.469. The van der Waals surface area contributed by atoms with Crippen molar-refractivity contribution in [2.24, 2.45) is 5.73 Å². The summed E-state index contributed by atoms with van der Waals surface area (Å²) in [5.41, 5.74) is 6.77. The lowest BCUT2D eigenvalue weighted by atomic mass is 10.2. The van der Waals surface area contributed by atoms with Crippen molar-refractivity contribution in [2.45, 2.75) is 13.0 Å². The second-order valence-electron chi connectivity index (χ2n) is 3.00. The van der Waals surface area contributed by atoms with Crippen molar-refractivity contribution in [1.82, 2.24) is 4.90 Å². The molecule has 1 atom stereocenters. The molecule has 4 heteroatoms. The van der Waals surface area contributed by atoms with E-state index in [0.29, 0.717) is 11.0 Å². The minimum absolute atomic E-state index is 0.469. The third kappa shape index (κ3) is 1.65. The summed E-state index contributed by atoms with van der Waals surface area (Å²) in [6.07, 6.45) is 2.07. The minimum Gasteiger partial charge on any atom is -0.390 e. The highest BCUT2D eigenvalue weighted by molar-refractivity contribution is 8.02. The molecule has 2 N–H and O–H groups in total. The third-order valence-electron chi connectivity index (χ3n) is 2.26. The number of rotatable bonds is 2. The van der Waals surface area contributed by atoms with E-state index in [1.54, 1.807) is 11.8 Å². The van der Waals surface area contributed by atoms with E-state index in [-0.39, 0.29) is 0 Å². The predicted octanol–water partition coefficient (Wildman–Crippen LogP) is 1.22. The Morgan fingerprint density at radius 3 is 2.67 bits per heavy atom. The molecule has 0 saturated heterocycles. The van der Waals surface area contributed by atoms with Crippen molar-refractivity contribution in [1.29, 1.82) is 0 Å². The molecule has 1 unspecified atom stereocenters. The van der Waals surface area contributed by atoms with Crippen molar-refractivity contribution in [3.05, 3.63) is 10.5 Å². The van der Waals surface area contributed by atoms with Crippen LogP contribution < -0.4 is 5.73 Å². The smallest absolute Gasteiger partial charge is 0.102 e. The van der Waals surface area contributed by atoms with Crippen LogP contribution in [0.5, 0.6) is 0 Å². The fraction of sp³-hybridized carbons (Fsp3) is 0.625. The summed E-state index contributed by atoms with van der Waals surface area (Å²) in [5.74, 6) is 0. The van der Waals surface area contributed by atoms with Crippen LogP contribution in [0.4, 0.5) is 0 Å². The molecule has 0 fully saturated rings. The molecule has 0 radical (unpaired) electrons. The molecule has 1 rings (SSSR count). The molecule has 0 spiro atoms. The van der Waals surface area contributed by atoms with E-state index in [4.69, 9.17) is 18.0 Å². The molecular formula is C8H14N2S2. The maximum Gasteiger partial charge on any atom is 0.102 e. The Morgan fingerprint density at radius 1 is 1.75 bits per heavy atom. The van der Waals surface area contributed by atoms with Crippen LogP contribution in [0.2, 0.25) is 0 Å². The molecule has 0 saturated carbocycles. The molecule has 1 aliphatic rings. The largest absolute Gasteiger partial charge is 0.390 e. The van der Waals surface area contributed by atoms with E-state index in [1.165, 1.54) is 4.91 Å². The summed E-state index contributed by atoms with van der Waals surface area (Å²) in [4.78, 5) is 4.13. The number of thioether (sulfide) groups is 1. The van der Waals surface area contributed by atoms with E-state index < -0.39 is 0 Å².